The van der Waals surface area contributed by atoms with Crippen LogP contribution in [0.3, 0.4) is 0 Å². The molecule has 0 aliphatic carbocycles. The van der Waals surface area contributed by atoms with Crippen molar-refractivity contribution in [1.82, 2.24) is 10.3 Å². The molecule has 2 rings (SSSR count). The summed E-state index contributed by atoms with van der Waals surface area (Å²) in [7, 11) is 0. The highest BCUT2D eigenvalue weighted by Gasteiger charge is 2.09. The van der Waals surface area contributed by atoms with Gasteiger partial charge in [0.05, 0.1) is 5.69 Å². The predicted molar refractivity (Wildman–Crippen MR) is 69.1 cm³/mol. The Morgan fingerprint density at radius 2 is 2.24 bits per heavy atom. The summed E-state index contributed by atoms with van der Waals surface area (Å²) < 4.78 is 5.47. The normalized spacial score (nSPS) is 10.8. The molecule has 0 aliphatic rings. The Morgan fingerprint density at radius 3 is 3.00 bits per heavy atom. The number of nitrogens with one attached hydrogen (secondary N) is 1. The van der Waals surface area contributed by atoms with E-state index in [-0.39, 0.29) is 0 Å². The Balaban J connectivity index is 2.27. The highest BCUT2D eigenvalue weighted by Crippen LogP contribution is 2.25. The Kier molecular flexibility index (Phi) is 3.82. The van der Waals surface area contributed by atoms with Crippen LogP contribution < -0.4 is 5.32 Å². The maximum Gasteiger partial charge on any atom is 0.226 e. The summed E-state index contributed by atoms with van der Waals surface area (Å²) in [5, 5.41) is 3.90. The number of hydrogen-bond acceptors (Lipinski definition) is 3. The summed E-state index contributed by atoms with van der Waals surface area (Å²) in [5.41, 5.74) is 2.95. The summed E-state index contributed by atoms with van der Waals surface area (Å²) in [6.07, 6.45) is 1.68. The molecule has 0 saturated heterocycles. The third kappa shape index (κ3) is 2.87. The van der Waals surface area contributed by atoms with Crippen molar-refractivity contribution in [2.24, 2.45) is 0 Å². The van der Waals surface area contributed by atoms with Crippen molar-refractivity contribution >= 4 is 11.6 Å². The fourth-order valence-electron chi connectivity index (χ4n) is 1.59. The van der Waals surface area contributed by atoms with Gasteiger partial charge in [-0.1, -0.05) is 24.6 Å². The van der Waals surface area contributed by atoms with Crippen LogP contribution in [0.1, 0.15) is 18.2 Å². The van der Waals surface area contributed by atoms with Crippen LogP contribution in [-0.4, -0.2) is 11.5 Å². The molecule has 3 nitrogen and oxygen atoms in total. The van der Waals surface area contributed by atoms with Crippen molar-refractivity contribution in [3.05, 3.63) is 40.7 Å². The number of aromatic nitrogens is 1. The van der Waals surface area contributed by atoms with Gasteiger partial charge in [-0.25, -0.2) is 4.98 Å². The number of benzene rings is 1. The summed E-state index contributed by atoms with van der Waals surface area (Å²) in [6, 6.07) is 5.70. The standard InChI is InChI=1S/C13H15ClN2O/c1-3-15-7-11-8-17-13(16-11)12-6-10(14)5-4-9(12)2/h4-6,8,15H,3,7H2,1-2H3. The number of oxazole rings is 1. The van der Waals surface area contributed by atoms with Gasteiger partial charge in [-0.05, 0) is 31.2 Å². The first kappa shape index (κ1) is 12.1. The molecule has 0 amide bonds. The molecule has 0 unspecified atom stereocenters. The van der Waals surface area contributed by atoms with Gasteiger partial charge >= 0.3 is 0 Å². The van der Waals surface area contributed by atoms with Crippen molar-refractivity contribution in [2.75, 3.05) is 6.54 Å². The average molecular weight is 251 g/mol. The first-order chi connectivity index (χ1) is 8.20. The van der Waals surface area contributed by atoms with Crippen LogP contribution in [0.25, 0.3) is 11.5 Å². The molecule has 0 fully saturated rings. The number of hydrogen-bond donors (Lipinski definition) is 1. The molecule has 0 aliphatic heterocycles. The Morgan fingerprint density at radius 1 is 1.41 bits per heavy atom. The van der Waals surface area contributed by atoms with Gasteiger partial charge in [0, 0.05) is 17.1 Å². The molecule has 0 spiro atoms. The van der Waals surface area contributed by atoms with Crippen LogP contribution in [0.5, 0.6) is 0 Å². The van der Waals surface area contributed by atoms with Gasteiger partial charge in [-0.15, -0.1) is 0 Å². The zero-order chi connectivity index (χ0) is 12.3. The molecule has 0 radical (unpaired) electrons. The van der Waals surface area contributed by atoms with Gasteiger partial charge in [0.1, 0.15) is 6.26 Å². The van der Waals surface area contributed by atoms with E-state index in [0.29, 0.717) is 10.9 Å². The van der Waals surface area contributed by atoms with Gasteiger partial charge < -0.3 is 9.73 Å². The minimum Gasteiger partial charge on any atom is -0.444 e. The first-order valence-electron chi connectivity index (χ1n) is 5.62. The molecule has 0 atom stereocenters. The lowest BCUT2D eigenvalue weighted by Crippen LogP contribution is -2.11. The summed E-state index contributed by atoms with van der Waals surface area (Å²) in [5.74, 6) is 0.623. The van der Waals surface area contributed by atoms with Crippen LogP contribution >= 0.6 is 11.6 Å². The van der Waals surface area contributed by atoms with Crippen LogP contribution in [0.4, 0.5) is 0 Å². The van der Waals surface area contributed by atoms with E-state index < -0.39 is 0 Å². The predicted octanol–water partition coefficient (Wildman–Crippen LogP) is 3.41. The van der Waals surface area contributed by atoms with Crippen LogP contribution in [-0.2, 0) is 6.54 Å². The van der Waals surface area contributed by atoms with Gasteiger partial charge in [0.25, 0.3) is 0 Å². The van der Waals surface area contributed by atoms with Crippen LogP contribution in [0, 0.1) is 6.92 Å². The molecule has 1 heterocycles. The van der Waals surface area contributed by atoms with Crippen LogP contribution in [0.15, 0.2) is 28.9 Å². The van der Waals surface area contributed by atoms with E-state index >= 15 is 0 Å². The molecule has 17 heavy (non-hydrogen) atoms. The third-order valence-electron chi connectivity index (χ3n) is 2.54. The van der Waals surface area contributed by atoms with Crippen molar-refractivity contribution in [3.8, 4) is 11.5 Å². The van der Waals surface area contributed by atoms with E-state index in [9.17, 15) is 0 Å². The fraction of sp³-hybridized carbons (Fsp3) is 0.308. The van der Waals surface area contributed by atoms with Crippen molar-refractivity contribution in [1.29, 1.82) is 0 Å². The van der Waals surface area contributed by atoms with E-state index in [1.807, 2.05) is 25.1 Å². The SMILES string of the molecule is CCNCc1coc(-c2cc(Cl)ccc2C)n1. The van der Waals surface area contributed by atoms with E-state index in [1.54, 1.807) is 6.26 Å². The maximum atomic E-state index is 5.98. The quantitative estimate of drug-likeness (QED) is 0.904. The maximum absolute atomic E-state index is 5.98. The Hall–Kier alpha value is -1.32. The lowest BCUT2D eigenvalue weighted by Gasteiger charge is -2.01. The van der Waals surface area contributed by atoms with E-state index in [4.69, 9.17) is 16.0 Å². The average Bonchev–Trinajstić information content (AvgIpc) is 2.78. The largest absolute Gasteiger partial charge is 0.444 e. The minimum atomic E-state index is 0.623. The minimum absolute atomic E-state index is 0.623. The lowest BCUT2D eigenvalue weighted by atomic mass is 10.1. The summed E-state index contributed by atoms with van der Waals surface area (Å²) in [6.45, 7) is 5.71. The lowest BCUT2D eigenvalue weighted by molar-refractivity contribution is 0.570. The van der Waals surface area contributed by atoms with Gasteiger partial charge in [0.2, 0.25) is 5.89 Å². The van der Waals surface area contributed by atoms with Gasteiger partial charge in [0.15, 0.2) is 0 Å². The second-order valence-corrected chi connectivity index (χ2v) is 4.32. The molecular formula is C13H15ClN2O. The molecule has 0 bridgehead atoms. The topological polar surface area (TPSA) is 38.1 Å². The molecule has 4 heteroatoms. The van der Waals surface area contributed by atoms with E-state index in [0.717, 1.165) is 29.9 Å². The van der Waals surface area contributed by atoms with Crippen molar-refractivity contribution in [2.45, 2.75) is 20.4 Å². The highest BCUT2D eigenvalue weighted by atomic mass is 35.5. The van der Waals surface area contributed by atoms with Crippen molar-refractivity contribution in [3.63, 3.8) is 0 Å². The number of nitrogens with zero attached hydrogens (tertiary/aromatic N) is 1. The molecule has 90 valence electrons. The highest BCUT2D eigenvalue weighted by molar-refractivity contribution is 6.30. The zero-order valence-electron chi connectivity index (χ0n) is 9.96. The number of halogens is 1. The van der Waals surface area contributed by atoms with Gasteiger partial charge in [-0.3, -0.25) is 0 Å². The van der Waals surface area contributed by atoms with Crippen LogP contribution in [0.2, 0.25) is 5.02 Å². The fourth-order valence-corrected chi connectivity index (χ4v) is 1.76. The zero-order valence-corrected chi connectivity index (χ0v) is 10.7. The number of rotatable bonds is 4. The molecule has 1 aromatic carbocycles. The second kappa shape index (κ2) is 5.34. The smallest absolute Gasteiger partial charge is 0.226 e. The summed E-state index contributed by atoms with van der Waals surface area (Å²) in [4.78, 5) is 4.43. The number of aryl methyl sites for hydroxylation is 1. The molecular weight excluding hydrogens is 236 g/mol. The Labute approximate surface area is 106 Å². The second-order valence-electron chi connectivity index (χ2n) is 3.88. The van der Waals surface area contributed by atoms with E-state index in [2.05, 4.69) is 17.2 Å². The third-order valence-corrected chi connectivity index (χ3v) is 2.77. The Bertz CT molecular complexity index is 508. The first-order valence-corrected chi connectivity index (χ1v) is 6.00. The van der Waals surface area contributed by atoms with Gasteiger partial charge in [-0.2, -0.15) is 0 Å². The monoisotopic (exact) mass is 250 g/mol. The van der Waals surface area contributed by atoms with Crippen molar-refractivity contribution < 1.29 is 4.42 Å². The molecule has 2 aromatic rings. The molecule has 1 N–H and O–H groups in total. The summed E-state index contributed by atoms with van der Waals surface area (Å²) >= 11 is 5.98. The van der Waals surface area contributed by atoms with E-state index in [1.165, 1.54) is 0 Å². The molecule has 1 aromatic heterocycles. The molecule has 0 saturated carbocycles.